The van der Waals surface area contributed by atoms with Gasteiger partial charge in [-0.25, -0.2) is 33.5 Å². The zero-order chi connectivity index (χ0) is 86.5. The normalized spacial score (nSPS) is 31.0. The molecule has 49 nitrogen and oxygen atoms in total. The van der Waals surface area contributed by atoms with Gasteiger partial charge < -0.3 is 127 Å². The number of hydrogen-bond acceptors (Lipinski definition) is 42. The summed E-state index contributed by atoms with van der Waals surface area (Å²) in [7, 11) is 1.12. The number of fused-ring (bicyclic) bond motifs is 1. The summed E-state index contributed by atoms with van der Waals surface area (Å²) in [6.45, 7) is -27.1. The number of aromatic nitrogens is 12. The summed E-state index contributed by atoms with van der Waals surface area (Å²) in [5, 5.41) is 0. The number of thiol groups is 1. The van der Waals surface area contributed by atoms with Crippen molar-refractivity contribution in [3.05, 3.63) is 140 Å². The van der Waals surface area contributed by atoms with Gasteiger partial charge in [-0.1, -0.05) is 19.2 Å². The van der Waals surface area contributed by atoms with Gasteiger partial charge in [0.1, 0.15) is 91.0 Å². The lowest BCUT2D eigenvalue weighted by Gasteiger charge is -2.28. The molecule has 0 saturated carbocycles. The first-order chi connectivity index (χ1) is 56.5. The number of nitrogen functional groups attached to an aromatic ring is 5. The maximum absolute atomic E-state index is 14.6. The van der Waals surface area contributed by atoms with Gasteiger partial charge in [-0.2, -0.15) is 19.9 Å². The first-order valence-corrected chi connectivity index (χ1v) is 51.6. The molecule has 658 valence electrons. The first kappa shape index (κ1) is 92.3. The molecule has 6 saturated heterocycles. The number of hydrogen-bond donors (Lipinski definition) is 13. The molecule has 120 heavy (non-hydrogen) atoms. The summed E-state index contributed by atoms with van der Waals surface area (Å²) in [6, 6.07) is 5.21. The highest BCUT2D eigenvalue weighted by molar-refractivity contribution is 8.44. The zero-order valence-corrected chi connectivity index (χ0v) is 72.9. The maximum atomic E-state index is 14.6. The van der Waals surface area contributed by atoms with E-state index in [2.05, 4.69) is 52.1 Å². The quantitative estimate of drug-likeness (QED) is 0.0191. The summed E-state index contributed by atoms with van der Waals surface area (Å²) in [6.07, 6.45) is -15.4. The number of nitrogens with two attached hydrogens (primary N) is 5. The van der Waals surface area contributed by atoms with Gasteiger partial charge in [0.15, 0.2) is 5.69 Å². The second kappa shape index (κ2) is 37.7. The molecule has 61 heteroatoms. The molecule has 13 rings (SSSR count). The highest BCUT2D eigenvalue weighted by atomic mass is 32.7. The predicted octanol–water partition coefficient (Wildman–Crippen LogP) is 0.534. The van der Waals surface area contributed by atoms with Crippen molar-refractivity contribution >= 4 is 153 Å². The number of nitrogens with one attached hydrogen (secondary N) is 2. The number of anilines is 5. The number of rotatable bonds is 35. The third-order valence-corrected chi connectivity index (χ3v) is 29.2. The van der Waals surface area contributed by atoms with E-state index >= 15 is 0 Å². The van der Waals surface area contributed by atoms with Crippen LogP contribution in [-0.4, -0.2) is 208 Å². The monoisotopic (exact) mass is 1910 g/mol. The SMILES string of the molecule is CC[C@H]1O[C@@H](n2cc(C)c(=O)[nH]c2=O)CC1OP(O)(=S)OC[C@H]1O[C@@H](n2ccc(N)nc2=O)CC1OP(=O)(S)OC[C@H]1O[C@@H](n2ccc(N)nc2=O)CC1OP(O)(=S)OC[C@H]1O[C@@H](n2ccc(N)nc2=O)CC1OP(O)(=S)OC[C@H]1O[C@@H](C2C=Nc3c2nc(N)[nH]c3=O)CC1OP(O)(=S)OC[C@H]1O[C@@H](n2ccc(N)nc2=O)CC1OP(O)(=S)OC. The number of nitrogens with zero attached hydrogens (tertiary/aromatic N) is 11. The fraction of sp³-hybridized carbons (Fsp3) is 0.576. The lowest BCUT2D eigenvalue weighted by molar-refractivity contribution is -0.0548. The van der Waals surface area contributed by atoms with Crippen molar-refractivity contribution < 1.29 is 112 Å². The minimum absolute atomic E-state index is 0.0208. The average Bonchev–Trinajstić information content (AvgIpc) is 1.63. The molecular weight excluding hydrogens is 1830 g/mol. The van der Waals surface area contributed by atoms with Crippen molar-refractivity contribution in [2.24, 2.45) is 4.99 Å². The van der Waals surface area contributed by atoms with E-state index in [1.54, 1.807) is 6.92 Å². The molecule has 0 bridgehead atoms. The molecule has 6 aromatic rings. The summed E-state index contributed by atoms with van der Waals surface area (Å²) in [5.41, 5.74) is 23.9. The van der Waals surface area contributed by atoms with Gasteiger partial charge >= 0.3 is 68.8 Å². The molecule has 0 aromatic carbocycles. The Hall–Kier alpha value is -5.34. The number of aromatic amines is 2. The van der Waals surface area contributed by atoms with Gasteiger partial charge in [0, 0.05) is 88.4 Å². The lowest BCUT2D eigenvalue weighted by atomic mass is 9.97. The van der Waals surface area contributed by atoms with E-state index in [1.807, 2.05) is 0 Å². The van der Waals surface area contributed by atoms with Crippen molar-refractivity contribution in [2.75, 3.05) is 68.8 Å². The molecule has 0 aliphatic carbocycles. The third-order valence-electron chi connectivity index (χ3n) is 19.5. The van der Waals surface area contributed by atoms with Crippen molar-refractivity contribution in [1.29, 1.82) is 0 Å². The summed E-state index contributed by atoms with van der Waals surface area (Å²) < 4.78 is 128. The van der Waals surface area contributed by atoms with Gasteiger partial charge in [0.25, 0.3) is 11.1 Å². The van der Waals surface area contributed by atoms with Crippen LogP contribution in [0.1, 0.15) is 100 Å². The second-order valence-electron chi connectivity index (χ2n) is 27.7. The lowest BCUT2D eigenvalue weighted by Crippen LogP contribution is -2.33. The fourth-order valence-electron chi connectivity index (χ4n) is 13.9. The van der Waals surface area contributed by atoms with E-state index in [9.17, 15) is 62.6 Å². The summed E-state index contributed by atoms with van der Waals surface area (Å²) >= 11 is 31.6. The van der Waals surface area contributed by atoms with Crippen molar-refractivity contribution in [3.63, 3.8) is 0 Å². The minimum Gasteiger partial charge on any atom is -0.383 e. The van der Waals surface area contributed by atoms with E-state index < -0.39 is 229 Å². The van der Waals surface area contributed by atoms with Gasteiger partial charge in [-0.15, -0.1) is 0 Å². The number of aliphatic imine (C=N–C) groups is 1. The standard InChI is InChI=1S/C59H80N18O31P6S6/c1-4-28-31(14-49(98-28)77-20-26(2)52(78)72-59(77)84)105-111(87,117)94-23-38-34(17-47(100-38)75-11-7-43(62)68-57(75)82)107-113(89,119)96-25-40-35(18-48(102-40)76-12-8-44(63)69-58(76)83)108-114(90,120)95-24-39-33(16-46(101-39)74-10-6-42(61)67-56(74)81)106-112(88,118)92-21-36-30(13-29(97-36)27-19-65-51-50(27)70-54(64)71-53(51)79)104-110(86,116)93-22-37-32(103-109(85,115)91-3)15-45(99-37)73-9-5-41(60)66-55(73)80/h5-12,19-20,27-40,45-49H,4,13-18,21-25H2,1-3H3,(H,85,115)(H,86,116)(H,87,117)(H,88,118)(H,89,119)(H,90,120)(H2,60,66,80)(H2,61,67,81)(H2,62,68,82)(H2,63,69,83)(H,72,78,84)(H3,64,70,71,79)/t27?,28-,29-,30?,31?,32?,33?,34?,35?,36-,37-,38-,39-,40-,45-,46-,47-,48-,49-,109?,110?,111?,112?,113?,114?/m1/s1. The maximum Gasteiger partial charge on any atom is 0.386 e. The van der Waals surface area contributed by atoms with E-state index in [1.165, 1.54) is 73.0 Å². The van der Waals surface area contributed by atoms with Gasteiger partial charge in [0.2, 0.25) is 5.95 Å². The van der Waals surface area contributed by atoms with Crippen LogP contribution in [0.15, 0.2) is 93.8 Å². The molecule has 0 spiro atoms. The van der Waals surface area contributed by atoms with Gasteiger partial charge in [-0.05, 0) is 96.6 Å². The molecular formula is C59H80N18O31P6S6. The molecule has 6 aromatic heterocycles. The van der Waals surface area contributed by atoms with Crippen LogP contribution in [0, 0.1) is 6.92 Å². The van der Waals surface area contributed by atoms with Crippen LogP contribution in [-0.2, 0) is 146 Å². The Morgan fingerprint density at radius 1 is 0.467 bits per heavy atom. The van der Waals surface area contributed by atoms with Crippen LogP contribution in [0.5, 0.6) is 0 Å². The molecule has 17 N–H and O–H groups in total. The Morgan fingerprint density at radius 3 is 1.18 bits per heavy atom. The van der Waals surface area contributed by atoms with Crippen LogP contribution in [0.3, 0.4) is 0 Å². The zero-order valence-electron chi connectivity index (χ0n) is 62.6. The molecule has 7 aliphatic rings. The van der Waals surface area contributed by atoms with Crippen molar-refractivity contribution in [1.82, 2.24) is 57.7 Å². The Labute approximate surface area is 706 Å². The topological polar surface area (TPSA) is 667 Å². The second-order valence-corrected chi connectivity index (χ2v) is 44.6. The summed E-state index contributed by atoms with van der Waals surface area (Å²) in [5.74, 6) is -1.66. The number of aryl methyl sites for hydroxylation is 1. The molecule has 6 fully saturated rings. The van der Waals surface area contributed by atoms with Gasteiger partial charge in [-0.3, -0.25) is 56.4 Å². The molecule has 13 heterocycles. The van der Waals surface area contributed by atoms with Crippen LogP contribution in [0.2, 0.25) is 0 Å². The van der Waals surface area contributed by atoms with Crippen LogP contribution >= 0.6 is 52.6 Å². The van der Waals surface area contributed by atoms with E-state index in [0.717, 1.165) is 25.4 Å². The average molecular weight is 1920 g/mol. The fourth-order valence-corrected chi connectivity index (χ4v) is 22.3. The molecule has 25 atom stereocenters. The van der Waals surface area contributed by atoms with Crippen molar-refractivity contribution in [3.8, 4) is 0 Å². The number of ether oxygens (including phenoxy) is 6. The Morgan fingerprint density at radius 2 is 0.800 bits per heavy atom. The highest BCUT2D eigenvalue weighted by Crippen LogP contribution is 2.60. The Balaban J connectivity index is 0.692. The predicted molar refractivity (Wildman–Crippen MR) is 439 cm³/mol. The Kier molecular flexibility index (Phi) is 29.0. The minimum atomic E-state index is -4.73. The molecule has 0 radical (unpaired) electrons. The molecule has 13 unspecified atom stereocenters. The van der Waals surface area contributed by atoms with E-state index in [0.29, 0.717) is 6.42 Å². The number of H-pyrrole nitrogens is 2. The van der Waals surface area contributed by atoms with Crippen LogP contribution in [0.25, 0.3) is 0 Å². The van der Waals surface area contributed by atoms with Gasteiger partial charge in [0.05, 0.1) is 87.4 Å². The Bertz CT molecular complexity index is 5630. The molecule has 0 amide bonds. The van der Waals surface area contributed by atoms with Crippen molar-refractivity contribution in [2.45, 2.75) is 175 Å². The van der Waals surface area contributed by atoms with E-state index in [-0.39, 0.29) is 84.7 Å². The summed E-state index contributed by atoms with van der Waals surface area (Å²) in [4.78, 5) is 177. The first-order valence-electron chi connectivity index (χ1n) is 35.9. The van der Waals surface area contributed by atoms with Crippen LogP contribution < -0.4 is 68.2 Å². The smallest absolute Gasteiger partial charge is 0.383 e. The molecule has 7 aliphatic heterocycles. The highest BCUT2D eigenvalue weighted by Gasteiger charge is 2.51. The van der Waals surface area contributed by atoms with Crippen LogP contribution in [0.4, 0.5) is 34.9 Å². The van der Waals surface area contributed by atoms with E-state index in [4.69, 9.17) is 170 Å². The largest absolute Gasteiger partial charge is 0.386 e. The third kappa shape index (κ3) is 22.7.